The van der Waals surface area contributed by atoms with Crippen LogP contribution in [0.5, 0.6) is 5.75 Å². The Hall–Kier alpha value is -2.91. The number of carbonyl (C=O) groups is 2. The van der Waals surface area contributed by atoms with E-state index in [1.165, 1.54) is 29.6 Å². The Morgan fingerprint density at radius 2 is 1.59 bits per heavy atom. The molecule has 9 heteroatoms. The monoisotopic (exact) mass is 488 g/mol. The van der Waals surface area contributed by atoms with Crippen LogP contribution in [0.25, 0.3) is 0 Å². The van der Waals surface area contributed by atoms with E-state index < -0.39 is 28.5 Å². The highest BCUT2D eigenvalue weighted by molar-refractivity contribution is 7.89. The Morgan fingerprint density at radius 1 is 0.971 bits per heavy atom. The van der Waals surface area contributed by atoms with Gasteiger partial charge in [0.05, 0.1) is 12.7 Å². The number of rotatable bonds is 7. The van der Waals surface area contributed by atoms with Crippen LogP contribution in [0.15, 0.2) is 35.2 Å². The van der Waals surface area contributed by atoms with Crippen LogP contribution in [-0.2, 0) is 19.6 Å². The Bertz CT molecular complexity index is 1140. The summed E-state index contributed by atoms with van der Waals surface area (Å²) in [7, 11) is -2.46. The number of anilines is 1. The van der Waals surface area contributed by atoms with Gasteiger partial charge < -0.3 is 14.8 Å². The van der Waals surface area contributed by atoms with Gasteiger partial charge in [0.1, 0.15) is 10.6 Å². The quantitative estimate of drug-likeness (QED) is 0.592. The van der Waals surface area contributed by atoms with Crippen molar-refractivity contribution in [1.29, 1.82) is 0 Å². The van der Waals surface area contributed by atoms with Gasteiger partial charge in [0.25, 0.3) is 5.91 Å². The summed E-state index contributed by atoms with van der Waals surface area (Å²) in [4.78, 5) is 24.9. The number of hydrogen-bond donors (Lipinski definition) is 1. The summed E-state index contributed by atoms with van der Waals surface area (Å²) in [6.07, 6.45) is 3.55. The summed E-state index contributed by atoms with van der Waals surface area (Å²) in [6.45, 7) is 6.13. The molecule has 0 saturated carbocycles. The lowest BCUT2D eigenvalue weighted by Crippen LogP contribution is -2.32. The molecule has 1 amide bonds. The van der Waals surface area contributed by atoms with Crippen molar-refractivity contribution < 1.29 is 27.5 Å². The Kier molecular flexibility index (Phi) is 8.33. The van der Waals surface area contributed by atoms with Gasteiger partial charge in [0.15, 0.2) is 6.61 Å². The zero-order valence-electron chi connectivity index (χ0n) is 20.1. The summed E-state index contributed by atoms with van der Waals surface area (Å²) < 4.78 is 38.4. The fourth-order valence-corrected chi connectivity index (χ4v) is 5.89. The molecule has 1 heterocycles. The molecule has 1 saturated heterocycles. The van der Waals surface area contributed by atoms with E-state index in [2.05, 4.69) is 5.32 Å². The van der Waals surface area contributed by atoms with Crippen LogP contribution >= 0.6 is 0 Å². The maximum Gasteiger partial charge on any atom is 0.338 e. The summed E-state index contributed by atoms with van der Waals surface area (Å²) in [5.41, 5.74) is 3.63. The lowest BCUT2D eigenvalue weighted by atomic mass is 10.1. The maximum atomic E-state index is 13.3. The third-order valence-corrected chi connectivity index (χ3v) is 7.78. The van der Waals surface area contributed by atoms with Gasteiger partial charge in [0.2, 0.25) is 10.0 Å². The number of sulfonamides is 1. The van der Waals surface area contributed by atoms with Gasteiger partial charge >= 0.3 is 5.97 Å². The molecule has 0 aromatic heterocycles. The molecule has 0 bridgehead atoms. The smallest absolute Gasteiger partial charge is 0.338 e. The number of esters is 1. The van der Waals surface area contributed by atoms with Gasteiger partial charge in [-0.25, -0.2) is 13.2 Å². The van der Waals surface area contributed by atoms with Gasteiger partial charge in [-0.1, -0.05) is 30.5 Å². The highest BCUT2D eigenvalue weighted by Crippen LogP contribution is 2.29. The second kappa shape index (κ2) is 11.0. The maximum absolute atomic E-state index is 13.3. The second-order valence-electron chi connectivity index (χ2n) is 8.58. The van der Waals surface area contributed by atoms with Crippen LogP contribution in [0.2, 0.25) is 0 Å². The molecule has 184 valence electrons. The van der Waals surface area contributed by atoms with Gasteiger partial charge in [0, 0.05) is 18.8 Å². The van der Waals surface area contributed by atoms with Crippen molar-refractivity contribution in [2.45, 2.75) is 51.3 Å². The zero-order chi connectivity index (χ0) is 24.9. The van der Waals surface area contributed by atoms with E-state index in [-0.39, 0.29) is 16.2 Å². The average molecular weight is 489 g/mol. The van der Waals surface area contributed by atoms with Crippen molar-refractivity contribution in [2.75, 3.05) is 32.1 Å². The molecule has 0 unspecified atom stereocenters. The molecule has 1 aliphatic heterocycles. The van der Waals surface area contributed by atoms with Crippen LogP contribution in [0, 0.1) is 20.8 Å². The summed E-state index contributed by atoms with van der Waals surface area (Å²) in [5, 5.41) is 2.78. The lowest BCUT2D eigenvalue weighted by Gasteiger charge is -2.21. The first-order valence-electron chi connectivity index (χ1n) is 11.4. The molecule has 0 atom stereocenters. The number of amides is 1. The highest BCUT2D eigenvalue weighted by atomic mass is 32.2. The number of aryl methyl sites for hydroxylation is 3. The van der Waals surface area contributed by atoms with E-state index in [4.69, 9.17) is 9.47 Å². The zero-order valence-corrected chi connectivity index (χ0v) is 21.0. The number of carbonyl (C=O) groups excluding carboxylic acids is 2. The normalized spacial score (nSPS) is 14.8. The van der Waals surface area contributed by atoms with Gasteiger partial charge in [-0.3, -0.25) is 4.79 Å². The van der Waals surface area contributed by atoms with E-state index in [9.17, 15) is 18.0 Å². The van der Waals surface area contributed by atoms with Crippen molar-refractivity contribution in [3.05, 3.63) is 52.6 Å². The fraction of sp³-hybridized carbons (Fsp3) is 0.440. The Morgan fingerprint density at radius 3 is 2.18 bits per heavy atom. The summed E-state index contributed by atoms with van der Waals surface area (Å²) >= 11 is 0. The Labute approximate surface area is 201 Å². The molecular weight excluding hydrogens is 456 g/mol. The summed E-state index contributed by atoms with van der Waals surface area (Å²) in [5.74, 6) is -1.11. The van der Waals surface area contributed by atoms with Crippen LogP contribution in [0.4, 0.5) is 5.69 Å². The van der Waals surface area contributed by atoms with Gasteiger partial charge in [-0.2, -0.15) is 4.31 Å². The minimum absolute atomic E-state index is 0.0321. The van der Waals surface area contributed by atoms with Crippen molar-refractivity contribution >= 4 is 27.6 Å². The topological polar surface area (TPSA) is 102 Å². The number of benzene rings is 2. The third kappa shape index (κ3) is 5.95. The number of nitrogens with zero attached hydrogens (tertiary/aromatic N) is 1. The number of ether oxygens (including phenoxy) is 2. The summed E-state index contributed by atoms with van der Waals surface area (Å²) in [6, 6.07) is 8.03. The minimum Gasteiger partial charge on any atom is -0.495 e. The molecule has 34 heavy (non-hydrogen) atoms. The molecular formula is C25H32N2O6S. The van der Waals surface area contributed by atoms with Crippen molar-refractivity contribution in [2.24, 2.45) is 0 Å². The molecule has 0 radical (unpaired) electrons. The predicted molar refractivity (Wildman–Crippen MR) is 130 cm³/mol. The van der Waals surface area contributed by atoms with Crippen LogP contribution < -0.4 is 10.1 Å². The van der Waals surface area contributed by atoms with E-state index in [0.717, 1.165) is 42.4 Å². The first kappa shape index (κ1) is 25.7. The predicted octanol–water partition coefficient (Wildman–Crippen LogP) is 3.98. The third-order valence-electron chi connectivity index (χ3n) is 5.86. The van der Waals surface area contributed by atoms with Crippen LogP contribution in [0.1, 0.15) is 52.7 Å². The molecule has 2 aromatic carbocycles. The van der Waals surface area contributed by atoms with Crippen LogP contribution in [0.3, 0.4) is 0 Å². The second-order valence-corrected chi connectivity index (χ2v) is 10.5. The average Bonchev–Trinajstić information content (AvgIpc) is 3.09. The number of nitrogens with one attached hydrogen (secondary N) is 1. The molecule has 1 aliphatic rings. The SMILES string of the molecule is COc1ccc(C(=O)OCC(=O)Nc2c(C)cc(C)cc2C)cc1S(=O)(=O)N1CCCCCC1. The van der Waals surface area contributed by atoms with E-state index >= 15 is 0 Å². The van der Waals surface area contributed by atoms with Gasteiger partial charge in [-0.05, 0) is 62.9 Å². The molecule has 0 spiro atoms. The largest absolute Gasteiger partial charge is 0.495 e. The van der Waals surface area contributed by atoms with E-state index in [1.54, 1.807) is 0 Å². The van der Waals surface area contributed by atoms with Crippen LogP contribution in [-0.4, -0.2) is 51.4 Å². The van der Waals surface area contributed by atoms with Gasteiger partial charge in [-0.15, -0.1) is 0 Å². The molecule has 2 aromatic rings. The number of methoxy groups -OCH3 is 1. The molecule has 1 fully saturated rings. The molecule has 1 N–H and O–H groups in total. The highest BCUT2D eigenvalue weighted by Gasteiger charge is 2.29. The first-order valence-corrected chi connectivity index (χ1v) is 12.8. The fourth-order valence-electron chi connectivity index (χ4n) is 4.19. The van der Waals surface area contributed by atoms with Crippen molar-refractivity contribution in [3.8, 4) is 5.75 Å². The van der Waals surface area contributed by atoms with E-state index in [1.807, 2.05) is 32.9 Å². The van der Waals surface area contributed by atoms with Crippen molar-refractivity contribution in [3.63, 3.8) is 0 Å². The molecule has 0 aliphatic carbocycles. The molecule has 8 nitrogen and oxygen atoms in total. The minimum atomic E-state index is -3.85. The van der Waals surface area contributed by atoms with Crippen molar-refractivity contribution in [1.82, 2.24) is 4.31 Å². The first-order chi connectivity index (χ1) is 16.1. The molecule has 3 rings (SSSR count). The Balaban J connectivity index is 1.73. The number of hydrogen-bond acceptors (Lipinski definition) is 6. The lowest BCUT2D eigenvalue weighted by molar-refractivity contribution is -0.119. The van der Waals surface area contributed by atoms with E-state index in [0.29, 0.717) is 18.8 Å². The standard InChI is InChI=1S/C25H32N2O6S/c1-17-13-18(2)24(19(3)14-17)26-23(28)16-33-25(29)20-9-10-21(32-4)22(15-20)34(30,31)27-11-7-5-6-8-12-27/h9-10,13-15H,5-8,11-12,16H2,1-4H3,(H,26,28).